The van der Waals surface area contributed by atoms with E-state index in [4.69, 9.17) is 5.11 Å². The van der Waals surface area contributed by atoms with E-state index >= 15 is 4.39 Å². The lowest BCUT2D eigenvalue weighted by atomic mass is 9.84. The Kier molecular flexibility index (Phi) is 10.7. The van der Waals surface area contributed by atoms with E-state index in [2.05, 4.69) is 0 Å². The monoisotopic (exact) mass is 565 g/mol. The zero-order chi connectivity index (χ0) is 30.1. The summed E-state index contributed by atoms with van der Waals surface area (Å²) in [5.41, 5.74) is 2.45. The molecule has 0 spiro atoms. The van der Waals surface area contributed by atoms with Gasteiger partial charge in [0.15, 0.2) is 0 Å². The van der Waals surface area contributed by atoms with Gasteiger partial charge < -0.3 is 25.3 Å². The molecule has 0 aliphatic heterocycles. The number of aliphatic hydroxyl groups is 1. The third-order valence-corrected chi connectivity index (χ3v) is 7.10. The molecule has 41 heavy (non-hydrogen) atoms. The van der Waals surface area contributed by atoms with E-state index < -0.39 is 66.6 Å². The van der Waals surface area contributed by atoms with E-state index in [0.29, 0.717) is 29.5 Å². The Morgan fingerprint density at radius 1 is 0.854 bits per heavy atom. The number of hydrogen-bond donors (Lipinski definition) is 4. The van der Waals surface area contributed by atoms with Crippen LogP contribution in [0.25, 0.3) is 11.1 Å². The van der Waals surface area contributed by atoms with E-state index in [-0.39, 0.29) is 0 Å². The maximum atomic E-state index is 15.4. The quantitative estimate of drug-likeness (QED) is 0.228. The summed E-state index contributed by atoms with van der Waals surface area (Å²) in [7, 11) is 0. The summed E-state index contributed by atoms with van der Waals surface area (Å²) in [5, 5.41) is 38.7. The van der Waals surface area contributed by atoms with Crippen LogP contribution in [-0.2, 0) is 25.6 Å². The van der Waals surface area contributed by atoms with Crippen LogP contribution in [-0.4, -0.2) is 67.8 Å². The number of carboxylic acids is 3. The van der Waals surface area contributed by atoms with Gasteiger partial charge in [-0.3, -0.25) is 19.2 Å². The van der Waals surface area contributed by atoms with Crippen LogP contribution in [0.15, 0.2) is 78.9 Å². The summed E-state index contributed by atoms with van der Waals surface area (Å²) < 4.78 is 15.4. The number of hydrogen-bond acceptors (Lipinski definition) is 5. The Hall–Kier alpha value is -4.57. The van der Waals surface area contributed by atoms with E-state index in [1.54, 1.807) is 43.3 Å². The number of aryl methyl sites for hydroxylation is 1. The molecule has 0 radical (unpaired) electrons. The topological polar surface area (TPSA) is 152 Å². The summed E-state index contributed by atoms with van der Waals surface area (Å²) in [5.74, 6) is -9.06. The second kappa shape index (κ2) is 14.2. The summed E-state index contributed by atoms with van der Waals surface area (Å²) in [4.78, 5) is 48.8. The van der Waals surface area contributed by atoms with Gasteiger partial charge in [-0.1, -0.05) is 72.8 Å². The number of carbonyl (C=O) groups is 4. The first-order chi connectivity index (χ1) is 19.5. The molecular weight excluding hydrogens is 533 g/mol. The SMILES string of the molecule is C[C@H]([C@H](CCc1ccccc1)c1ccc(-c2ccccc2)c(F)c1)N(CC(=O)O)C(=O)[C@H](O)[C@@H](CC(=O)O)C(=O)O. The second-order valence-corrected chi connectivity index (χ2v) is 9.82. The molecule has 216 valence electrons. The second-order valence-electron chi connectivity index (χ2n) is 9.82. The smallest absolute Gasteiger partial charge is 0.323 e. The van der Waals surface area contributed by atoms with Crippen LogP contribution in [0.1, 0.15) is 36.8 Å². The Morgan fingerprint density at radius 3 is 2.00 bits per heavy atom. The normalized spacial score (nSPS) is 13.9. The van der Waals surface area contributed by atoms with Gasteiger partial charge >= 0.3 is 17.9 Å². The molecule has 0 unspecified atom stereocenters. The molecule has 9 nitrogen and oxygen atoms in total. The number of aliphatic carboxylic acids is 3. The van der Waals surface area contributed by atoms with E-state index in [1.165, 1.54) is 6.07 Å². The highest BCUT2D eigenvalue weighted by Gasteiger charge is 2.40. The van der Waals surface area contributed by atoms with Crippen LogP contribution in [0.3, 0.4) is 0 Å². The van der Waals surface area contributed by atoms with Gasteiger partial charge in [0.05, 0.1) is 6.42 Å². The zero-order valence-corrected chi connectivity index (χ0v) is 22.4. The third-order valence-electron chi connectivity index (χ3n) is 7.10. The first kappa shape index (κ1) is 31.0. The predicted octanol–water partition coefficient (Wildman–Crippen LogP) is 4.05. The number of nitrogens with zero attached hydrogens (tertiary/aromatic N) is 1. The zero-order valence-electron chi connectivity index (χ0n) is 22.4. The van der Waals surface area contributed by atoms with Crippen molar-refractivity contribution >= 4 is 23.8 Å². The molecule has 0 saturated heterocycles. The molecule has 3 rings (SSSR count). The highest BCUT2D eigenvalue weighted by atomic mass is 19.1. The maximum Gasteiger partial charge on any atom is 0.323 e. The lowest BCUT2D eigenvalue weighted by Gasteiger charge is -2.36. The molecule has 3 aromatic carbocycles. The average Bonchev–Trinajstić information content (AvgIpc) is 2.94. The Labute approximate surface area is 236 Å². The van der Waals surface area contributed by atoms with Crippen molar-refractivity contribution in [1.29, 1.82) is 0 Å². The summed E-state index contributed by atoms with van der Waals surface area (Å²) in [6, 6.07) is 21.9. The van der Waals surface area contributed by atoms with Crippen molar-refractivity contribution in [3.63, 3.8) is 0 Å². The average molecular weight is 566 g/mol. The molecule has 0 aliphatic carbocycles. The number of amides is 1. The lowest BCUT2D eigenvalue weighted by molar-refractivity contribution is -0.162. The van der Waals surface area contributed by atoms with Crippen LogP contribution < -0.4 is 0 Å². The minimum absolute atomic E-state index is 0.353. The number of carbonyl (C=O) groups excluding carboxylic acids is 1. The van der Waals surface area contributed by atoms with Crippen molar-refractivity contribution in [2.75, 3.05) is 6.54 Å². The highest BCUT2D eigenvalue weighted by molar-refractivity contribution is 5.90. The fourth-order valence-corrected chi connectivity index (χ4v) is 4.92. The number of aliphatic hydroxyl groups excluding tert-OH is 1. The van der Waals surface area contributed by atoms with Crippen LogP contribution in [0.4, 0.5) is 4.39 Å². The van der Waals surface area contributed by atoms with Gasteiger partial charge in [0.25, 0.3) is 5.91 Å². The fraction of sp³-hybridized carbons (Fsp3) is 0.290. The molecule has 1 amide bonds. The maximum absolute atomic E-state index is 15.4. The molecule has 4 N–H and O–H groups in total. The first-order valence-corrected chi connectivity index (χ1v) is 13.0. The van der Waals surface area contributed by atoms with Gasteiger partial charge in [0.2, 0.25) is 0 Å². The Balaban J connectivity index is 2.01. The summed E-state index contributed by atoms with van der Waals surface area (Å²) in [6.07, 6.45) is -2.50. The summed E-state index contributed by atoms with van der Waals surface area (Å²) >= 11 is 0. The molecule has 0 saturated carbocycles. The molecule has 0 aliphatic rings. The Morgan fingerprint density at radius 2 is 1.46 bits per heavy atom. The van der Waals surface area contributed by atoms with Crippen LogP contribution in [0, 0.1) is 11.7 Å². The fourth-order valence-electron chi connectivity index (χ4n) is 4.92. The minimum Gasteiger partial charge on any atom is -0.481 e. The van der Waals surface area contributed by atoms with Crippen LogP contribution in [0.5, 0.6) is 0 Å². The molecular formula is C31H32FNO8. The number of carboxylic acid groups (broad SMARTS) is 3. The van der Waals surface area contributed by atoms with Crippen molar-refractivity contribution in [3.05, 3.63) is 95.8 Å². The van der Waals surface area contributed by atoms with Crippen molar-refractivity contribution in [3.8, 4) is 11.1 Å². The molecule has 0 heterocycles. The van der Waals surface area contributed by atoms with Gasteiger partial charge in [0.1, 0.15) is 24.4 Å². The third kappa shape index (κ3) is 8.21. The standard InChI is InChI=1S/C31H32FNO8/c1-19(33(18-28(36)37)30(39)29(38)25(31(40)41)17-27(34)35)23(14-12-20-8-4-2-5-9-20)22-13-15-24(26(32)16-22)21-10-6-3-7-11-21/h2-11,13,15-16,19,23,25,29,38H,12,14,17-18H2,1H3,(H,34,35)(H,36,37)(H,40,41)/t19-,23+,25-,29-/m1/s1. The van der Waals surface area contributed by atoms with Gasteiger partial charge in [0, 0.05) is 17.5 Å². The van der Waals surface area contributed by atoms with Gasteiger partial charge in [-0.15, -0.1) is 0 Å². The van der Waals surface area contributed by atoms with Crippen molar-refractivity contribution in [2.45, 2.75) is 44.2 Å². The molecule has 3 aromatic rings. The van der Waals surface area contributed by atoms with Crippen molar-refractivity contribution in [1.82, 2.24) is 4.90 Å². The highest BCUT2D eigenvalue weighted by Crippen LogP contribution is 2.33. The largest absolute Gasteiger partial charge is 0.481 e. The van der Waals surface area contributed by atoms with Crippen molar-refractivity contribution in [2.24, 2.45) is 5.92 Å². The van der Waals surface area contributed by atoms with Gasteiger partial charge in [-0.05, 0) is 42.5 Å². The van der Waals surface area contributed by atoms with E-state index in [0.717, 1.165) is 10.5 Å². The van der Waals surface area contributed by atoms with Crippen molar-refractivity contribution < 1.29 is 44.0 Å². The van der Waals surface area contributed by atoms with Gasteiger partial charge in [-0.2, -0.15) is 0 Å². The minimum atomic E-state index is -2.31. The number of benzene rings is 3. The lowest BCUT2D eigenvalue weighted by Crippen LogP contribution is -2.52. The molecule has 0 fully saturated rings. The number of rotatable bonds is 14. The predicted molar refractivity (Wildman–Crippen MR) is 148 cm³/mol. The van der Waals surface area contributed by atoms with E-state index in [9.17, 15) is 34.5 Å². The molecule has 10 heteroatoms. The van der Waals surface area contributed by atoms with Crippen LogP contribution >= 0.6 is 0 Å². The molecule has 4 atom stereocenters. The van der Waals surface area contributed by atoms with Crippen LogP contribution in [0.2, 0.25) is 0 Å². The molecule has 0 aromatic heterocycles. The van der Waals surface area contributed by atoms with Gasteiger partial charge in [-0.25, -0.2) is 4.39 Å². The number of halogens is 1. The Bertz CT molecular complexity index is 1370. The molecule has 0 bridgehead atoms. The summed E-state index contributed by atoms with van der Waals surface area (Å²) in [6.45, 7) is 0.655. The first-order valence-electron chi connectivity index (χ1n) is 13.0. The van der Waals surface area contributed by atoms with E-state index in [1.807, 2.05) is 36.4 Å².